The first-order valence-corrected chi connectivity index (χ1v) is 5.47. The van der Waals surface area contributed by atoms with Crippen LogP contribution in [0.15, 0.2) is 36.8 Å². The van der Waals surface area contributed by atoms with Crippen molar-refractivity contribution >= 4 is 29.0 Å². The predicted molar refractivity (Wildman–Crippen MR) is 68.1 cm³/mol. The molecule has 96 valence electrons. The van der Waals surface area contributed by atoms with Gasteiger partial charge in [0.15, 0.2) is 5.82 Å². The normalized spacial score (nSPS) is 9.95. The number of hydrogen-bond acceptors (Lipinski definition) is 5. The average molecular weight is 279 g/mol. The van der Waals surface area contributed by atoms with E-state index in [1.807, 2.05) is 0 Å². The van der Waals surface area contributed by atoms with Crippen molar-refractivity contribution in [2.75, 3.05) is 5.32 Å². The van der Waals surface area contributed by atoms with Crippen LogP contribution in [0.25, 0.3) is 0 Å². The summed E-state index contributed by atoms with van der Waals surface area (Å²) in [6, 6.07) is 4.12. The van der Waals surface area contributed by atoms with Gasteiger partial charge in [0.2, 0.25) is 0 Å². The van der Waals surface area contributed by atoms with Crippen LogP contribution in [0.1, 0.15) is 10.4 Å². The lowest BCUT2D eigenvalue weighted by atomic mass is 10.1. The van der Waals surface area contributed by atoms with Crippen LogP contribution in [0.3, 0.4) is 0 Å². The molecule has 0 fully saturated rings. The molecule has 8 heteroatoms. The van der Waals surface area contributed by atoms with Crippen molar-refractivity contribution in [3.8, 4) is 0 Å². The Morgan fingerprint density at radius 1 is 1.37 bits per heavy atom. The molecule has 2 aromatic rings. The number of amides is 1. The van der Waals surface area contributed by atoms with Crippen LogP contribution >= 0.6 is 11.6 Å². The Morgan fingerprint density at radius 3 is 2.79 bits per heavy atom. The Labute approximate surface area is 112 Å². The number of benzene rings is 1. The maximum Gasteiger partial charge on any atom is 0.300 e. The van der Waals surface area contributed by atoms with E-state index in [9.17, 15) is 14.9 Å². The summed E-state index contributed by atoms with van der Waals surface area (Å²) in [7, 11) is 0. The third-order valence-electron chi connectivity index (χ3n) is 2.22. The standard InChI is InChI=1S/C11H7ClN4O3/c12-8-3-1-2-7(10(8)16(18)19)11(17)15-9-6-13-4-5-14-9/h1-6H,(H,14,15,17). The number of anilines is 1. The molecule has 19 heavy (non-hydrogen) atoms. The zero-order valence-corrected chi connectivity index (χ0v) is 10.2. The molecule has 1 N–H and O–H groups in total. The van der Waals surface area contributed by atoms with Crippen molar-refractivity contribution in [1.29, 1.82) is 0 Å². The number of nitrogens with zero attached hydrogens (tertiary/aromatic N) is 3. The number of rotatable bonds is 3. The average Bonchev–Trinajstić information content (AvgIpc) is 2.39. The highest BCUT2D eigenvalue weighted by Gasteiger charge is 2.23. The van der Waals surface area contributed by atoms with E-state index in [4.69, 9.17) is 11.6 Å². The molecule has 0 aliphatic heterocycles. The third kappa shape index (κ3) is 2.83. The van der Waals surface area contributed by atoms with E-state index < -0.39 is 16.5 Å². The van der Waals surface area contributed by atoms with Crippen LogP contribution in [0, 0.1) is 10.1 Å². The third-order valence-corrected chi connectivity index (χ3v) is 2.52. The lowest BCUT2D eigenvalue weighted by molar-refractivity contribution is -0.385. The van der Waals surface area contributed by atoms with Crippen molar-refractivity contribution in [3.63, 3.8) is 0 Å². The lowest BCUT2D eigenvalue weighted by Crippen LogP contribution is -2.15. The van der Waals surface area contributed by atoms with E-state index in [2.05, 4.69) is 15.3 Å². The van der Waals surface area contributed by atoms with Gasteiger partial charge in [0, 0.05) is 12.4 Å². The second-order valence-electron chi connectivity index (χ2n) is 3.44. The number of nitro benzene ring substituents is 1. The molecular weight excluding hydrogens is 272 g/mol. The van der Waals surface area contributed by atoms with Gasteiger partial charge in [-0.2, -0.15) is 0 Å². The second-order valence-corrected chi connectivity index (χ2v) is 3.85. The predicted octanol–water partition coefficient (Wildman–Crippen LogP) is 2.29. The minimum atomic E-state index is -0.700. The SMILES string of the molecule is O=C(Nc1cnccn1)c1cccc(Cl)c1[N+](=O)[O-]. The topological polar surface area (TPSA) is 98.0 Å². The van der Waals surface area contributed by atoms with E-state index in [0.29, 0.717) is 0 Å². The van der Waals surface area contributed by atoms with Crippen molar-refractivity contribution in [2.24, 2.45) is 0 Å². The number of nitro groups is 1. The van der Waals surface area contributed by atoms with Crippen LogP contribution in [-0.2, 0) is 0 Å². The molecule has 0 bridgehead atoms. The fourth-order valence-electron chi connectivity index (χ4n) is 1.43. The van der Waals surface area contributed by atoms with Crippen LogP contribution in [-0.4, -0.2) is 20.8 Å². The number of aromatic nitrogens is 2. The second kappa shape index (κ2) is 5.40. The highest BCUT2D eigenvalue weighted by Crippen LogP contribution is 2.28. The summed E-state index contributed by atoms with van der Waals surface area (Å²) < 4.78 is 0. The molecule has 0 aliphatic rings. The molecule has 1 aromatic heterocycles. The van der Waals surface area contributed by atoms with Gasteiger partial charge in [-0.25, -0.2) is 4.98 Å². The minimum absolute atomic E-state index is 0.100. The van der Waals surface area contributed by atoms with Gasteiger partial charge < -0.3 is 5.32 Å². The summed E-state index contributed by atoms with van der Waals surface area (Å²) in [5, 5.41) is 13.2. The quantitative estimate of drug-likeness (QED) is 0.686. The Kier molecular flexibility index (Phi) is 3.67. The van der Waals surface area contributed by atoms with Gasteiger partial charge in [0.1, 0.15) is 10.6 Å². The zero-order chi connectivity index (χ0) is 13.8. The Hall–Kier alpha value is -2.54. The Balaban J connectivity index is 2.35. The van der Waals surface area contributed by atoms with Gasteiger partial charge in [0.25, 0.3) is 5.91 Å². The monoisotopic (exact) mass is 278 g/mol. The number of nitrogens with one attached hydrogen (secondary N) is 1. The summed E-state index contributed by atoms with van der Waals surface area (Å²) in [5.41, 5.74) is -0.575. The molecule has 1 heterocycles. The number of carbonyl (C=O) groups is 1. The molecule has 1 amide bonds. The number of carbonyl (C=O) groups excluding carboxylic acids is 1. The minimum Gasteiger partial charge on any atom is -0.305 e. The van der Waals surface area contributed by atoms with Crippen molar-refractivity contribution < 1.29 is 9.72 Å². The highest BCUT2D eigenvalue weighted by molar-refractivity contribution is 6.33. The molecule has 0 spiro atoms. The van der Waals surface area contributed by atoms with E-state index in [-0.39, 0.29) is 16.4 Å². The number of para-hydroxylation sites is 1. The maximum atomic E-state index is 11.9. The van der Waals surface area contributed by atoms with Gasteiger partial charge in [-0.15, -0.1) is 0 Å². The number of hydrogen-bond donors (Lipinski definition) is 1. The van der Waals surface area contributed by atoms with Crippen LogP contribution in [0.2, 0.25) is 5.02 Å². The molecule has 0 aliphatic carbocycles. The Bertz CT molecular complexity index is 633. The Morgan fingerprint density at radius 2 is 2.16 bits per heavy atom. The lowest BCUT2D eigenvalue weighted by Gasteiger charge is -2.05. The summed E-state index contributed by atoms with van der Waals surface area (Å²) in [6.07, 6.45) is 4.16. The van der Waals surface area contributed by atoms with E-state index in [1.54, 1.807) is 0 Å². The fourth-order valence-corrected chi connectivity index (χ4v) is 1.67. The van der Waals surface area contributed by atoms with E-state index in [1.165, 1.54) is 36.8 Å². The molecular formula is C11H7ClN4O3. The first-order chi connectivity index (χ1) is 9.09. The smallest absolute Gasteiger partial charge is 0.300 e. The molecule has 0 unspecified atom stereocenters. The van der Waals surface area contributed by atoms with Crippen molar-refractivity contribution in [1.82, 2.24) is 9.97 Å². The van der Waals surface area contributed by atoms with Gasteiger partial charge in [-0.3, -0.25) is 19.9 Å². The maximum absolute atomic E-state index is 11.9. The first kappa shape index (κ1) is 12.9. The van der Waals surface area contributed by atoms with Gasteiger partial charge >= 0.3 is 5.69 Å². The van der Waals surface area contributed by atoms with E-state index >= 15 is 0 Å². The highest BCUT2D eigenvalue weighted by atomic mass is 35.5. The molecule has 1 aromatic carbocycles. The number of halogens is 1. The summed E-state index contributed by atoms with van der Waals surface area (Å²) in [6.45, 7) is 0. The summed E-state index contributed by atoms with van der Waals surface area (Å²) in [5.74, 6) is -0.475. The molecule has 2 rings (SSSR count). The zero-order valence-electron chi connectivity index (χ0n) is 9.41. The summed E-state index contributed by atoms with van der Waals surface area (Å²) >= 11 is 5.72. The first-order valence-electron chi connectivity index (χ1n) is 5.10. The van der Waals surface area contributed by atoms with Crippen LogP contribution in [0.4, 0.5) is 11.5 Å². The van der Waals surface area contributed by atoms with Gasteiger partial charge in [-0.05, 0) is 12.1 Å². The van der Waals surface area contributed by atoms with Crippen LogP contribution in [0.5, 0.6) is 0 Å². The largest absolute Gasteiger partial charge is 0.305 e. The molecule has 0 saturated carbocycles. The van der Waals surface area contributed by atoms with Crippen molar-refractivity contribution in [3.05, 3.63) is 57.5 Å². The molecule has 0 saturated heterocycles. The molecule has 0 radical (unpaired) electrons. The van der Waals surface area contributed by atoms with E-state index in [0.717, 1.165) is 0 Å². The molecule has 0 atom stereocenters. The fraction of sp³-hybridized carbons (Fsp3) is 0. The summed E-state index contributed by atoms with van der Waals surface area (Å²) in [4.78, 5) is 29.8. The van der Waals surface area contributed by atoms with Crippen molar-refractivity contribution in [2.45, 2.75) is 0 Å². The van der Waals surface area contributed by atoms with Gasteiger partial charge in [-0.1, -0.05) is 17.7 Å². The van der Waals surface area contributed by atoms with Gasteiger partial charge in [0.05, 0.1) is 11.1 Å². The molecule has 7 nitrogen and oxygen atoms in total. The van der Waals surface area contributed by atoms with Crippen LogP contribution < -0.4 is 5.32 Å².